The Balaban J connectivity index is 2.47. The zero-order valence-corrected chi connectivity index (χ0v) is 7.01. The largest absolute Gasteiger partial charge is 0.299 e. The van der Waals surface area contributed by atoms with E-state index < -0.39 is 12.2 Å². The van der Waals surface area contributed by atoms with Crippen LogP contribution in [0.4, 0.5) is 8.78 Å². The van der Waals surface area contributed by atoms with Gasteiger partial charge in [0.25, 0.3) is 6.43 Å². The number of aromatic nitrogens is 4. The number of alkyl halides is 2. The van der Waals surface area contributed by atoms with Gasteiger partial charge < -0.3 is 0 Å². The van der Waals surface area contributed by atoms with Gasteiger partial charge in [0, 0.05) is 0 Å². The minimum atomic E-state index is -2.68. The Hall–Kier alpha value is -1.85. The molecule has 1 aromatic carbocycles. The van der Waals surface area contributed by atoms with Crippen LogP contribution in [0.3, 0.4) is 0 Å². The second kappa shape index (κ2) is 3.49. The van der Waals surface area contributed by atoms with Gasteiger partial charge in [0.05, 0.1) is 5.69 Å². The maximum absolute atomic E-state index is 12.4. The molecule has 0 bridgehead atoms. The maximum Gasteiger partial charge on any atom is 0.299 e. The molecule has 2 aromatic rings. The highest BCUT2D eigenvalue weighted by molar-refractivity contribution is 5.30. The first-order valence-electron chi connectivity index (χ1n) is 3.91. The maximum atomic E-state index is 12.4. The van der Waals surface area contributed by atoms with Gasteiger partial charge in [0.2, 0.25) is 5.82 Å². The van der Waals surface area contributed by atoms with Crippen LogP contribution in [0, 0.1) is 0 Å². The van der Waals surface area contributed by atoms with Crippen molar-refractivity contribution in [3.63, 3.8) is 0 Å². The molecule has 6 heteroatoms. The molecular weight excluding hydrogens is 190 g/mol. The summed E-state index contributed by atoms with van der Waals surface area (Å²) in [5.74, 6) is -0.448. The Labute approximate surface area is 78.2 Å². The number of tetrazole rings is 1. The van der Waals surface area contributed by atoms with Crippen molar-refractivity contribution in [1.82, 2.24) is 20.2 Å². The first-order valence-corrected chi connectivity index (χ1v) is 3.91. The van der Waals surface area contributed by atoms with Gasteiger partial charge in [-0.3, -0.25) is 0 Å². The Morgan fingerprint density at radius 3 is 2.50 bits per heavy atom. The highest BCUT2D eigenvalue weighted by Crippen LogP contribution is 2.17. The number of halogens is 2. The summed E-state index contributed by atoms with van der Waals surface area (Å²) in [5, 5.41) is 9.93. The van der Waals surface area contributed by atoms with Gasteiger partial charge in [-0.1, -0.05) is 18.2 Å². The SMILES string of the molecule is FC(F)c1nnnn1-c1ccccc1. The zero-order valence-electron chi connectivity index (χ0n) is 7.01. The van der Waals surface area contributed by atoms with Crippen LogP contribution in [0.1, 0.15) is 12.2 Å². The minimum absolute atomic E-state index is 0.448. The van der Waals surface area contributed by atoms with E-state index in [4.69, 9.17) is 0 Å². The van der Waals surface area contributed by atoms with Crippen LogP contribution in [0.25, 0.3) is 5.69 Å². The second-order valence-electron chi connectivity index (χ2n) is 2.59. The molecular formula is C8H6F2N4. The predicted octanol–water partition coefficient (Wildman–Crippen LogP) is 1.60. The molecule has 0 unspecified atom stereocenters. The fraction of sp³-hybridized carbons (Fsp3) is 0.125. The van der Waals surface area contributed by atoms with Gasteiger partial charge in [-0.2, -0.15) is 4.68 Å². The van der Waals surface area contributed by atoms with E-state index in [0.29, 0.717) is 5.69 Å². The molecule has 0 saturated carbocycles. The summed E-state index contributed by atoms with van der Waals surface area (Å²) in [5.41, 5.74) is 0.521. The Morgan fingerprint density at radius 2 is 1.86 bits per heavy atom. The average molecular weight is 196 g/mol. The van der Waals surface area contributed by atoms with Gasteiger partial charge >= 0.3 is 0 Å². The molecule has 0 atom stereocenters. The molecule has 0 aliphatic rings. The van der Waals surface area contributed by atoms with Crippen LogP contribution in [0.15, 0.2) is 30.3 Å². The monoisotopic (exact) mass is 196 g/mol. The van der Waals surface area contributed by atoms with Crippen LogP contribution in [0.5, 0.6) is 0 Å². The van der Waals surface area contributed by atoms with Gasteiger partial charge in [-0.05, 0) is 22.6 Å². The van der Waals surface area contributed by atoms with Crippen molar-refractivity contribution in [2.45, 2.75) is 6.43 Å². The van der Waals surface area contributed by atoms with E-state index in [9.17, 15) is 8.78 Å². The van der Waals surface area contributed by atoms with Crippen molar-refractivity contribution >= 4 is 0 Å². The van der Waals surface area contributed by atoms with Gasteiger partial charge in [-0.15, -0.1) is 5.10 Å². The number of hydrogen-bond donors (Lipinski definition) is 0. The Bertz CT molecular complexity index is 412. The summed E-state index contributed by atoms with van der Waals surface area (Å²) < 4.78 is 25.8. The number of rotatable bonds is 2. The highest BCUT2D eigenvalue weighted by atomic mass is 19.3. The fourth-order valence-corrected chi connectivity index (χ4v) is 1.08. The summed E-state index contributed by atoms with van der Waals surface area (Å²) in [6.07, 6.45) is -2.68. The van der Waals surface area contributed by atoms with E-state index in [-0.39, 0.29) is 0 Å². The van der Waals surface area contributed by atoms with E-state index in [1.54, 1.807) is 30.3 Å². The third-order valence-electron chi connectivity index (χ3n) is 1.69. The van der Waals surface area contributed by atoms with Gasteiger partial charge in [0.15, 0.2) is 0 Å². The lowest BCUT2D eigenvalue weighted by Crippen LogP contribution is -2.03. The lowest BCUT2D eigenvalue weighted by atomic mass is 10.3. The zero-order chi connectivity index (χ0) is 9.97. The molecule has 0 aliphatic heterocycles. The smallest absolute Gasteiger partial charge is 0.201 e. The van der Waals surface area contributed by atoms with Crippen molar-refractivity contribution in [3.05, 3.63) is 36.2 Å². The minimum Gasteiger partial charge on any atom is -0.201 e. The first kappa shape index (κ1) is 8.74. The van der Waals surface area contributed by atoms with Crippen LogP contribution < -0.4 is 0 Å². The molecule has 0 N–H and O–H groups in total. The normalized spacial score (nSPS) is 10.8. The summed E-state index contributed by atoms with van der Waals surface area (Å²) in [7, 11) is 0. The number of para-hydroxylation sites is 1. The molecule has 14 heavy (non-hydrogen) atoms. The number of hydrogen-bond acceptors (Lipinski definition) is 3. The molecule has 1 heterocycles. The van der Waals surface area contributed by atoms with Crippen molar-refractivity contribution in [2.24, 2.45) is 0 Å². The molecule has 4 nitrogen and oxygen atoms in total. The van der Waals surface area contributed by atoms with E-state index >= 15 is 0 Å². The average Bonchev–Trinajstić information content (AvgIpc) is 2.67. The first-order chi connectivity index (χ1) is 6.79. The van der Waals surface area contributed by atoms with Crippen molar-refractivity contribution in [1.29, 1.82) is 0 Å². The highest BCUT2D eigenvalue weighted by Gasteiger charge is 2.17. The standard InChI is InChI=1S/C8H6F2N4/c9-7(10)8-11-12-13-14(8)6-4-2-1-3-5-6/h1-5,7H. The third-order valence-corrected chi connectivity index (χ3v) is 1.69. The van der Waals surface area contributed by atoms with Crippen molar-refractivity contribution < 1.29 is 8.78 Å². The number of benzene rings is 1. The lowest BCUT2D eigenvalue weighted by molar-refractivity contribution is 0.137. The van der Waals surface area contributed by atoms with E-state index in [1.807, 2.05) is 0 Å². The topological polar surface area (TPSA) is 43.6 Å². The van der Waals surface area contributed by atoms with Gasteiger partial charge in [0.1, 0.15) is 0 Å². The van der Waals surface area contributed by atoms with Crippen LogP contribution in [-0.2, 0) is 0 Å². The third kappa shape index (κ3) is 1.46. The van der Waals surface area contributed by atoms with E-state index in [0.717, 1.165) is 4.68 Å². The van der Waals surface area contributed by atoms with Crippen LogP contribution in [0.2, 0.25) is 0 Å². The molecule has 0 amide bonds. The summed E-state index contributed by atoms with van der Waals surface area (Å²) in [6, 6.07) is 8.55. The fourth-order valence-electron chi connectivity index (χ4n) is 1.08. The number of nitrogens with zero attached hydrogens (tertiary/aromatic N) is 4. The van der Waals surface area contributed by atoms with Crippen molar-refractivity contribution in [3.8, 4) is 5.69 Å². The van der Waals surface area contributed by atoms with Crippen LogP contribution >= 0.6 is 0 Å². The molecule has 0 radical (unpaired) electrons. The summed E-state index contributed by atoms with van der Waals surface area (Å²) in [6.45, 7) is 0. The Kier molecular flexibility index (Phi) is 2.18. The van der Waals surface area contributed by atoms with Crippen molar-refractivity contribution in [2.75, 3.05) is 0 Å². The van der Waals surface area contributed by atoms with E-state index in [2.05, 4.69) is 15.5 Å². The molecule has 0 spiro atoms. The predicted molar refractivity (Wildman–Crippen MR) is 44.1 cm³/mol. The lowest BCUT2D eigenvalue weighted by Gasteiger charge is -2.01. The second-order valence-corrected chi connectivity index (χ2v) is 2.59. The Morgan fingerprint density at radius 1 is 1.14 bits per heavy atom. The molecule has 0 saturated heterocycles. The summed E-state index contributed by atoms with van der Waals surface area (Å²) >= 11 is 0. The molecule has 72 valence electrons. The quantitative estimate of drug-likeness (QED) is 0.732. The molecule has 0 fully saturated rings. The molecule has 0 aliphatic carbocycles. The molecule has 2 rings (SSSR count). The van der Waals surface area contributed by atoms with Gasteiger partial charge in [-0.25, -0.2) is 8.78 Å². The van der Waals surface area contributed by atoms with Crippen LogP contribution in [-0.4, -0.2) is 20.2 Å². The molecule has 1 aromatic heterocycles. The summed E-state index contributed by atoms with van der Waals surface area (Å²) in [4.78, 5) is 0. The van der Waals surface area contributed by atoms with E-state index in [1.165, 1.54) is 0 Å².